The monoisotopic (exact) mass is 306 g/mol. The second-order valence-electron chi connectivity index (χ2n) is 8.83. The van der Waals surface area contributed by atoms with Crippen LogP contribution >= 0.6 is 0 Å². The van der Waals surface area contributed by atoms with Crippen molar-refractivity contribution in [2.24, 2.45) is 16.7 Å². The standard InChI is InChI=1S/C20H34O2/c1-7-18(5,21)13-10-16-15(2)9-14-20(22)17(3,4)11-8-12-19(16,20)6/h7,16,21-22H,1-2,8-14H2,3-6H3/t16-,18+,19+,20+/m1/s1. The fraction of sp³-hybridized carbons (Fsp3) is 0.800. The third kappa shape index (κ3) is 2.59. The quantitative estimate of drug-likeness (QED) is 0.744. The van der Waals surface area contributed by atoms with Crippen molar-refractivity contribution in [3.8, 4) is 0 Å². The Morgan fingerprint density at radius 3 is 2.50 bits per heavy atom. The normalized spacial score (nSPS) is 40.6. The summed E-state index contributed by atoms with van der Waals surface area (Å²) in [6, 6.07) is 0. The average Bonchev–Trinajstić information content (AvgIpc) is 2.41. The maximum absolute atomic E-state index is 11.6. The van der Waals surface area contributed by atoms with Gasteiger partial charge in [-0.25, -0.2) is 0 Å². The number of hydrogen-bond donors (Lipinski definition) is 2. The Morgan fingerprint density at radius 2 is 1.91 bits per heavy atom. The van der Waals surface area contributed by atoms with Crippen LogP contribution in [0.2, 0.25) is 0 Å². The molecule has 22 heavy (non-hydrogen) atoms. The van der Waals surface area contributed by atoms with E-state index in [1.54, 1.807) is 6.08 Å². The van der Waals surface area contributed by atoms with Gasteiger partial charge in [-0.3, -0.25) is 0 Å². The van der Waals surface area contributed by atoms with Crippen LogP contribution in [0.25, 0.3) is 0 Å². The summed E-state index contributed by atoms with van der Waals surface area (Å²) in [6.07, 6.45) is 8.18. The molecule has 2 heteroatoms. The molecule has 0 heterocycles. The lowest BCUT2D eigenvalue weighted by molar-refractivity contribution is -0.215. The van der Waals surface area contributed by atoms with E-state index in [-0.39, 0.29) is 16.7 Å². The summed E-state index contributed by atoms with van der Waals surface area (Å²) in [5.41, 5.74) is -0.411. The van der Waals surface area contributed by atoms with Crippen LogP contribution in [0.1, 0.15) is 72.6 Å². The molecule has 2 aliphatic carbocycles. The minimum Gasteiger partial charge on any atom is -0.389 e. The summed E-state index contributed by atoms with van der Waals surface area (Å²) in [4.78, 5) is 0. The average molecular weight is 306 g/mol. The van der Waals surface area contributed by atoms with Crippen molar-refractivity contribution in [1.29, 1.82) is 0 Å². The van der Waals surface area contributed by atoms with Gasteiger partial charge < -0.3 is 10.2 Å². The van der Waals surface area contributed by atoms with Gasteiger partial charge in [0.05, 0.1) is 11.2 Å². The van der Waals surface area contributed by atoms with E-state index in [0.29, 0.717) is 6.42 Å². The molecule has 2 rings (SSSR count). The molecule has 0 spiro atoms. The van der Waals surface area contributed by atoms with E-state index >= 15 is 0 Å². The number of allylic oxidation sites excluding steroid dienone is 1. The van der Waals surface area contributed by atoms with E-state index in [9.17, 15) is 10.2 Å². The van der Waals surface area contributed by atoms with Crippen LogP contribution in [0.15, 0.2) is 24.8 Å². The molecule has 0 aromatic heterocycles. The summed E-state index contributed by atoms with van der Waals surface area (Å²) in [6.45, 7) is 16.5. The first-order valence-electron chi connectivity index (χ1n) is 8.75. The van der Waals surface area contributed by atoms with Crippen LogP contribution in [0.3, 0.4) is 0 Å². The Labute approximate surface area is 136 Å². The largest absolute Gasteiger partial charge is 0.389 e. The molecular formula is C20H34O2. The van der Waals surface area contributed by atoms with Gasteiger partial charge in [-0.05, 0) is 56.8 Å². The zero-order chi connectivity index (χ0) is 16.8. The predicted molar refractivity (Wildman–Crippen MR) is 92.6 cm³/mol. The molecular weight excluding hydrogens is 272 g/mol. The molecule has 2 fully saturated rings. The van der Waals surface area contributed by atoms with Crippen molar-refractivity contribution in [1.82, 2.24) is 0 Å². The van der Waals surface area contributed by atoms with Gasteiger partial charge in [0.1, 0.15) is 0 Å². The van der Waals surface area contributed by atoms with Crippen LogP contribution in [-0.2, 0) is 0 Å². The molecule has 0 radical (unpaired) electrons. The second kappa shape index (κ2) is 5.49. The highest BCUT2D eigenvalue weighted by atomic mass is 16.3. The fourth-order valence-electron chi connectivity index (χ4n) is 5.20. The molecule has 0 saturated heterocycles. The van der Waals surface area contributed by atoms with Crippen molar-refractivity contribution in [3.63, 3.8) is 0 Å². The van der Waals surface area contributed by atoms with Gasteiger partial charge in [0.15, 0.2) is 0 Å². The Bertz CT molecular complexity index is 462. The van der Waals surface area contributed by atoms with Gasteiger partial charge in [0, 0.05) is 5.41 Å². The van der Waals surface area contributed by atoms with E-state index in [4.69, 9.17) is 0 Å². The van der Waals surface area contributed by atoms with Crippen molar-refractivity contribution in [3.05, 3.63) is 24.8 Å². The molecule has 2 saturated carbocycles. The summed E-state index contributed by atoms with van der Waals surface area (Å²) >= 11 is 0. The Kier molecular flexibility index (Phi) is 4.43. The van der Waals surface area contributed by atoms with Crippen molar-refractivity contribution < 1.29 is 10.2 Å². The highest BCUT2D eigenvalue weighted by molar-refractivity contribution is 5.22. The molecule has 2 N–H and O–H groups in total. The van der Waals surface area contributed by atoms with E-state index in [1.165, 1.54) is 5.57 Å². The molecule has 0 aromatic carbocycles. The lowest BCUT2D eigenvalue weighted by Gasteiger charge is -2.63. The van der Waals surface area contributed by atoms with E-state index < -0.39 is 11.2 Å². The van der Waals surface area contributed by atoms with Crippen LogP contribution in [0.4, 0.5) is 0 Å². The van der Waals surface area contributed by atoms with E-state index in [0.717, 1.165) is 38.5 Å². The third-order valence-electron chi connectivity index (χ3n) is 7.01. The minimum atomic E-state index is -0.837. The summed E-state index contributed by atoms with van der Waals surface area (Å²) < 4.78 is 0. The summed E-state index contributed by atoms with van der Waals surface area (Å²) in [5, 5.41) is 21.9. The summed E-state index contributed by atoms with van der Waals surface area (Å²) in [7, 11) is 0. The van der Waals surface area contributed by atoms with Crippen LogP contribution in [0.5, 0.6) is 0 Å². The van der Waals surface area contributed by atoms with Crippen molar-refractivity contribution in [2.45, 2.75) is 83.8 Å². The highest BCUT2D eigenvalue weighted by Crippen LogP contribution is 2.64. The second-order valence-corrected chi connectivity index (χ2v) is 8.83. The van der Waals surface area contributed by atoms with E-state index in [1.807, 2.05) is 6.92 Å². The van der Waals surface area contributed by atoms with Crippen LogP contribution < -0.4 is 0 Å². The molecule has 2 nitrogen and oxygen atoms in total. The molecule has 0 aromatic rings. The zero-order valence-corrected chi connectivity index (χ0v) is 14.9. The van der Waals surface area contributed by atoms with Gasteiger partial charge in [-0.15, -0.1) is 6.58 Å². The first kappa shape index (κ1) is 17.7. The topological polar surface area (TPSA) is 40.5 Å². The minimum absolute atomic E-state index is 0.0557. The molecule has 0 amide bonds. The van der Waals surface area contributed by atoms with Crippen molar-refractivity contribution >= 4 is 0 Å². The zero-order valence-electron chi connectivity index (χ0n) is 14.9. The van der Waals surface area contributed by atoms with Crippen LogP contribution in [0, 0.1) is 16.7 Å². The molecule has 4 atom stereocenters. The van der Waals surface area contributed by atoms with Crippen LogP contribution in [-0.4, -0.2) is 21.4 Å². The number of aliphatic hydroxyl groups is 2. The maximum atomic E-state index is 11.6. The first-order chi connectivity index (χ1) is 9.99. The molecule has 0 bridgehead atoms. The lowest BCUT2D eigenvalue weighted by atomic mass is 9.44. The Hall–Kier alpha value is -0.600. The van der Waals surface area contributed by atoms with Gasteiger partial charge in [-0.1, -0.05) is 45.4 Å². The molecule has 126 valence electrons. The highest BCUT2D eigenvalue weighted by Gasteiger charge is 2.62. The fourth-order valence-corrected chi connectivity index (χ4v) is 5.20. The SMILES string of the molecule is C=C[C@](C)(O)CC[C@@H]1C(=C)CC[C@]2(O)C(C)(C)CCC[C@@]12C. The first-order valence-corrected chi connectivity index (χ1v) is 8.75. The lowest BCUT2D eigenvalue weighted by Crippen LogP contribution is -2.64. The van der Waals surface area contributed by atoms with Crippen molar-refractivity contribution in [2.75, 3.05) is 0 Å². The van der Waals surface area contributed by atoms with Gasteiger partial charge >= 0.3 is 0 Å². The number of fused-ring (bicyclic) bond motifs is 1. The molecule has 0 unspecified atom stereocenters. The Balaban J connectivity index is 2.32. The van der Waals surface area contributed by atoms with Gasteiger partial charge in [0.25, 0.3) is 0 Å². The predicted octanol–water partition coefficient (Wildman–Crippen LogP) is 4.62. The van der Waals surface area contributed by atoms with Gasteiger partial charge in [0.2, 0.25) is 0 Å². The smallest absolute Gasteiger partial charge is 0.0797 e. The maximum Gasteiger partial charge on any atom is 0.0797 e. The summed E-state index contributed by atoms with van der Waals surface area (Å²) in [5.74, 6) is 0.275. The number of rotatable bonds is 4. The Morgan fingerprint density at radius 1 is 1.27 bits per heavy atom. The number of hydrogen-bond acceptors (Lipinski definition) is 2. The van der Waals surface area contributed by atoms with E-state index in [2.05, 4.69) is 33.9 Å². The third-order valence-corrected chi connectivity index (χ3v) is 7.01. The molecule has 0 aliphatic heterocycles. The van der Waals surface area contributed by atoms with Gasteiger partial charge in [-0.2, -0.15) is 0 Å². The molecule has 2 aliphatic rings.